The van der Waals surface area contributed by atoms with Gasteiger partial charge in [0.1, 0.15) is 0 Å². The van der Waals surface area contributed by atoms with E-state index in [4.69, 9.17) is 0 Å². The second kappa shape index (κ2) is 11.7. The smallest absolute Gasteiger partial charge is 0.234 e. The molecule has 0 spiro atoms. The van der Waals surface area contributed by atoms with Crippen LogP contribution in [0.25, 0.3) is 11.0 Å². The molecule has 0 radical (unpaired) electrons. The summed E-state index contributed by atoms with van der Waals surface area (Å²) in [7, 11) is 0. The molecule has 0 saturated carbocycles. The number of hydrogen-bond acceptors (Lipinski definition) is 2. The molecule has 144 valence electrons. The van der Waals surface area contributed by atoms with Gasteiger partial charge in [-0.05, 0) is 25.0 Å². The van der Waals surface area contributed by atoms with Crippen LogP contribution < -0.4 is 5.62 Å². The fourth-order valence-electron chi connectivity index (χ4n) is 3.61. The maximum atomic E-state index is 10.9. The molecule has 1 aromatic carbocycles. The van der Waals surface area contributed by atoms with Gasteiger partial charge in [0.15, 0.2) is 0 Å². The molecule has 5 nitrogen and oxygen atoms in total. The molecule has 0 bridgehead atoms. The second-order valence-corrected chi connectivity index (χ2v) is 7.10. The fourth-order valence-corrected chi connectivity index (χ4v) is 3.61. The van der Waals surface area contributed by atoms with Crippen LogP contribution in [0.2, 0.25) is 0 Å². The van der Waals surface area contributed by atoms with Crippen LogP contribution in [0, 0.1) is 4.91 Å². The summed E-state index contributed by atoms with van der Waals surface area (Å²) in [4.78, 5) is 10.9. The summed E-state index contributed by atoms with van der Waals surface area (Å²) in [6.45, 7) is 6.24. The molecule has 0 aliphatic carbocycles. The Bertz CT molecular complexity index is 675. The highest BCUT2D eigenvalue weighted by atomic mass is 16.3. The van der Waals surface area contributed by atoms with Crippen LogP contribution in [0.1, 0.15) is 78.1 Å². The van der Waals surface area contributed by atoms with Gasteiger partial charge in [-0.15, -0.1) is 4.91 Å². The molecule has 0 unspecified atom stereocenters. The molecule has 0 amide bonds. The maximum absolute atomic E-state index is 10.9. The first-order valence-electron chi connectivity index (χ1n) is 10.4. The summed E-state index contributed by atoms with van der Waals surface area (Å²) < 4.78 is 4.35. The summed E-state index contributed by atoms with van der Waals surface area (Å²) >= 11 is 0. The monoisotopic (exact) mass is 358 g/mol. The van der Waals surface area contributed by atoms with Crippen molar-refractivity contribution in [2.75, 3.05) is 0 Å². The van der Waals surface area contributed by atoms with Crippen molar-refractivity contribution in [3.05, 3.63) is 34.8 Å². The predicted octanol–water partition coefficient (Wildman–Crippen LogP) is 5.97. The van der Waals surface area contributed by atoms with Crippen molar-refractivity contribution in [2.24, 2.45) is 10.4 Å². The third-order valence-corrected chi connectivity index (χ3v) is 5.05. The van der Waals surface area contributed by atoms with Crippen molar-refractivity contribution in [3.63, 3.8) is 0 Å². The van der Waals surface area contributed by atoms with Gasteiger partial charge in [0.05, 0.1) is 16.3 Å². The average Bonchev–Trinajstić information content (AvgIpc) is 2.95. The van der Waals surface area contributed by atoms with Gasteiger partial charge in [-0.1, -0.05) is 82.4 Å². The van der Waals surface area contributed by atoms with Crippen LogP contribution in [-0.4, -0.2) is 9.13 Å². The Hall–Kier alpha value is -1.91. The van der Waals surface area contributed by atoms with E-state index in [9.17, 15) is 4.91 Å². The Balaban J connectivity index is 2.21. The summed E-state index contributed by atoms with van der Waals surface area (Å²) in [5.74, 6) is 0. The Morgan fingerprint density at radius 1 is 0.731 bits per heavy atom. The fraction of sp³-hybridized carbons (Fsp3) is 0.667. The number of nitrogens with zero attached hydrogens (tertiary/aromatic N) is 4. The Labute approximate surface area is 157 Å². The standard InChI is InChI=1S/C21H34N4O/c1-3-5-7-9-13-17-24-19-15-11-12-16-20(19)25(21(24)22-23-26)18-14-10-8-6-4-2/h11-12,15-16H,3-10,13-14,17-18H2,1-2H3. The number of rotatable bonds is 13. The molecule has 1 aromatic heterocycles. The van der Waals surface area contributed by atoms with Gasteiger partial charge in [-0.3, -0.25) is 0 Å². The minimum atomic E-state index is 0.701. The van der Waals surface area contributed by atoms with E-state index in [-0.39, 0.29) is 0 Å². The molecule has 2 aromatic rings. The van der Waals surface area contributed by atoms with E-state index in [0.29, 0.717) is 5.62 Å². The van der Waals surface area contributed by atoms with Crippen molar-refractivity contribution >= 4 is 11.0 Å². The second-order valence-electron chi connectivity index (χ2n) is 7.10. The van der Waals surface area contributed by atoms with Gasteiger partial charge >= 0.3 is 0 Å². The number of aryl methyl sites for hydroxylation is 2. The number of benzene rings is 1. The largest absolute Gasteiger partial charge is 0.309 e. The molecule has 5 heteroatoms. The minimum absolute atomic E-state index is 0.701. The quantitative estimate of drug-likeness (QED) is 0.247. The zero-order chi connectivity index (χ0) is 18.6. The number of para-hydroxylation sites is 2. The van der Waals surface area contributed by atoms with E-state index in [1.54, 1.807) is 0 Å². The molecule has 2 rings (SSSR count). The number of fused-ring (bicyclic) bond motifs is 1. The summed E-state index contributed by atoms with van der Waals surface area (Å²) in [5, 5.41) is 6.84. The average molecular weight is 359 g/mol. The molecule has 0 aliphatic heterocycles. The number of nitroso groups, excluding NO2 is 1. The first kappa shape index (κ1) is 20.4. The third-order valence-electron chi connectivity index (χ3n) is 5.05. The van der Waals surface area contributed by atoms with E-state index >= 15 is 0 Å². The first-order chi connectivity index (χ1) is 12.8. The summed E-state index contributed by atoms with van der Waals surface area (Å²) in [6.07, 6.45) is 12.3. The number of unbranched alkanes of at least 4 members (excludes halogenated alkanes) is 8. The third kappa shape index (κ3) is 5.55. The van der Waals surface area contributed by atoms with Crippen molar-refractivity contribution in [2.45, 2.75) is 91.1 Å². The predicted molar refractivity (Wildman–Crippen MR) is 109 cm³/mol. The van der Waals surface area contributed by atoms with E-state index in [2.05, 4.69) is 57.6 Å². The molecule has 0 saturated heterocycles. The highest BCUT2D eigenvalue weighted by Crippen LogP contribution is 2.16. The molecule has 0 atom stereocenters. The van der Waals surface area contributed by atoms with E-state index in [1.807, 2.05) is 0 Å². The van der Waals surface area contributed by atoms with Gasteiger partial charge in [-0.25, -0.2) is 0 Å². The molecular formula is C21H34N4O. The van der Waals surface area contributed by atoms with Crippen molar-refractivity contribution in [1.29, 1.82) is 0 Å². The van der Waals surface area contributed by atoms with E-state index < -0.39 is 0 Å². The van der Waals surface area contributed by atoms with Gasteiger partial charge in [0.25, 0.3) is 0 Å². The van der Waals surface area contributed by atoms with Gasteiger partial charge in [0, 0.05) is 13.1 Å². The molecule has 0 aliphatic rings. The van der Waals surface area contributed by atoms with Crippen LogP contribution in [0.3, 0.4) is 0 Å². The maximum Gasteiger partial charge on any atom is 0.234 e. The van der Waals surface area contributed by atoms with Crippen LogP contribution >= 0.6 is 0 Å². The lowest BCUT2D eigenvalue weighted by atomic mass is 10.1. The first-order valence-corrected chi connectivity index (χ1v) is 10.4. The number of hydrogen-bond donors (Lipinski definition) is 0. The lowest BCUT2D eigenvalue weighted by Crippen LogP contribution is -2.26. The topological polar surface area (TPSA) is 51.6 Å². The molecule has 0 fully saturated rings. The van der Waals surface area contributed by atoms with Crippen LogP contribution in [0.4, 0.5) is 0 Å². The SMILES string of the molecule is CCCCCCCn1c(=NN=O)n(CCCCCCC)c2ccccc21. The van der Waals surface area contributed by atoms with Gasteiger partial charge < -0.3 is 9.13 Å². The van der Waals surface area contributed by atoms with Gasteiger partial charge in [0.2, 0.25) is 5.62 Å². The Morgan fingerprint density at radius 2 is 1.19 bits per heavy atom. The molecule has 0 N–H and O–H groups in total. The number of imidazole rings is 1. The Morgan fingerprint density at radius 3 is 1.62 bits per heavy atom. The molecular weight excluding hydrogens is 324 g/mol. The number of aromatic nitrogens is 2. The van der Waals surface area contributed by atoms with E-state index in [1.165, 1.54) is 51.4 Å². The van der Waals surface area contributed by atoms with Crippen molar-refractivity contribution < 1.29 is 0 Å². The van der Waals surface area contributed by atoms with Crippen molar-refractivity contribution in [1.82, 2.24) is 9.13 Å². The van der Waals surface area contributed by atoms with Crippen LogP contribution in [0.5, 0.6) is 0 Å². The zero-order valence-electron chi connectivity index (χ0n) is 16.5. The van der Waals surface area contributed by atoms with Gasteiger partial charge in [-0.2, -0.15) is 0 Å². The summed E-state index contributed by atoms with van der Waals surface area (Å²) in [6, 6.07) is 8.36. The minimum Gasteiger partial charge on any atom is -0.309 e. The normalized spacial score (nSPS) is 11.2. The highest BCUT2D eigenvalue weighted by molar-refractivity contribution is 5.75. The zero-order valence-corrected chi connectivity index (χ0v) is 16.5. The van der Waals surface area contributed by atoms with E-state index in [0.717, 1.165) is 37.0 Å². The lowest BCUT2D eigenvalue weighted by Gasteiger charge is -2.06. The Kier molecular flexibility index (Phi) is 9.15. The van der Waals surface area contributed by atoms with Crippen LogP contribution in [0.15, 0.2) is 34.7 Å². The molecule has 26 heavy (non-hydrogen) atoms. The molecule has 1 heterocycles. The van der Waals surface area contributed by atoms with Crippen LogP contribution in [-0.2, 0) is 13.1 Å². The van der Waals surface area contributed by atoms with Crippen molar-refractivity contribution in [3.8, 4) is 0 Å². The highest BCUT2D eigenvalue weighted by Gasteiger charge is 2.11. The summed E-state index contributed by atoms with van der Waals surface area (Å²) in [5.41, 5.74) is 3.00. The lowest BCUT2D eigenvalue weighted by molar-refractivity contribution is 0.523.